The summed E-state index contributed by atoms with van der Waals surface area (Å²) >= 11 is 1.43. The van der Waals surface area contributed by atoms with Crippen LogP contribution in [-0.4, -0.2) is 5.97 Å². The molecular formula is C17H14O4S. The lowest BCUT2D eigenvalue weighted by Gasteiger charge is -2.07. The van der Waals surface area contributed by atoms with E-state index in [4.69, 9.17) is 9.15 Å². The first kappa shape index (κ1) is 14.5. The van der Waals surface area contributed by atoms with E-state index in [0.717, 1.165) is 17.4 Å². The van der Waals surface area contributed by atoms with E-state index < -0.39 is 11.6 Å². The molecule has 0 amide bonds. The molecule has 0 spiro atoms. The maximum atomic E-state index is 11.9. The second-order valence-electron chi connectivity index (χ2n) is 4.86. The molecule has 0 saturated carbocycles. The number of carbonyl (C=O) groups excluding carboxylic acids is 1. The van der Waals surface area contributed by atoms with E-state index >= 15 is 0 Å². The molecule has 0 aliphatic heterocycles. The van der Waals surface area contributed by atoms with Crippen molar-refractivity contribution in [1.82, 2.24) is 0 Å². The average Bonchev–Trinajstić information content (AvgIpc) is 3.05. The third kappa shape index (κ3) is 2.94. The average molecular weight is 314 g/mol. The predicted octanol–water partition coefficient (Wildman–Crippen LogP) is 3.77. The number of hydrogen-bond acceptors (Lipinski definition) is 5. The lowest BCUT2D eigenvalue weighted by Crippen LogP contribution is -2.07. The zero-order valence-electron chi connectivity index (χ0n) is 12.0. The van der Waals surface area contributed by atoms with Gasteiger partial charge < -0.3 is 9.15 Å². The Morgan fingerprint density at radius 2 is 2.14 bits per heavy atom. The topological polar surface area (TPSA) is 56.5 Å². The standard InChI is InChI=1S/C17H14O4S/c1-2-11-3-4-14-13(8-16(18)21-15(14)7-11)9-20-17(19)12-5-6-22-10-12/h3-8,10H,2,9H2,1H3. The zero-order valence-corrected chi connectivity index (χ0v) is 12.8. The molecule has 112 valence electrons. The maximum Gasteiger partial charge on any atom is 0.339 e. The van der Waals surface area contributed by atoms with Gasteiger partial charge in [0, 0.05) is 22.4 Å². The van der Waals surface area contributed by atoms with Crippen LogP contribution in [0.1, 0.15) is 28.4 Å². The zero-order chi connectivity index (χ0) is 15.5. The van der Waals surface area contributed by atoms with Crippen LogP contribution in [0.3, 0.4) is 0 Å². The second kappa shape index (κ2) is 6.15. The fourth-order valence-electron chi connectivity index (χ4n) is 2.22. The Kier molecular flexibility index (Phi) is 4.06. The van der Waals surface area contributed by atoms with E-state index in [0.29, 0.717) is 16.7 Å². The lowest BCUT2D eigenvalue weighted by atomic mass is 10.1. The van der Waals surface area contributed by atoms with Crippen molar-refractivity contribution in [3.63, 3.8) is 0 Å². The summed E-state index contributed by atoms with van der Waals surface area (Å²) in [5.74, 6) is -0.396. The number of thiophene rings is 1. The van der Waals surface area contributed by atoms with Crippen molar-refractivity contribution in [3.8, 4) is 0 Å². The summed E-state index contributed by atoms with van der Waals surface area (Å²) in [6, 6.07) is 8.80. The number of aryl methyl sites for hydroxylation is 1. The molecule has 1 aromatic carbocycles. The molecule has 0 radical (unpaired) electrons. The summed E-state index contributed by atoms with van der Waals surface area (Å²) in [5, 5.41) is 4.33. The van der Waals surface area contributed by atoms with Crippen LogP contribution in [-0.2, 0) is 17.8 Å². The lowest BCUT2D eigenvalue weighted by molar-refractivity contribution is 0.0474. The fraction of sp³-hybridized carbons (Fsp3) is 0.176. The second-order valence-corrected chi connectivity index (χ2v) is 5.64. The Hall–Kier alpha value is -2.40. The molecule has 0 aliphatic rings. The molecule has 3 rings (SSSR count). The largest absolute Gasteiger partial charge is 0.457 e. The molecular weight excluding hydrogens is 300 g/mol. The van der Waals surface area contributed by atoms with Gasteiger partial charge in [-0.3, -0.25) is 0 Å². The summed E-state index contributed by atoms with van der Waals surface area (Å²) in [5.41, 5.74) is 2.34. The van der Waals surface area contributed by atoms with Gasteiger partial charge in [-0.1, -0.05) is 19.1 Å². The summed E-state index contributed by atoms with van der Waals surface area (Å²) in [4.78, 5) is 23.6. The summed E-state index contributed by atoms with van der Waals surface area (Å²) in [7, 11) is 0. The molecule has 5 heteroatoms. The quantitative estimate of drug-likeness (QED) is 0.543. The van der Waals surface area contributed by atoms with Crippen molar-refractivity contribution in [1.29, 1.82) is 0 Å². The van der Waals surface area contributed by atoms with E-state index in [2.05, 4.69) is 0 Å². The Labute approximate surface area is 131 Å². The number of benzene rings is 1. The summed E-state index contributed by atoms with van der Waals surface area (Å²) < 4.78 is 10.5. The van der Waals surface area contributed by atoms with Crippen LogP contribution in [0.2, 0.25) is 0 Å². The number of fused-ring (bicyclic) bond motifs is 1. The number of carbonyl (C=O) groups is 1. The first-order chi connectivity index (χ1) is 10.7. The minimum absolute atomic E-state index is 0.0439. The van der Waals surface area contributed by atoms with Gasteiger partial charge in [-0.15, -0.1) is 0 Å². The van der Waals surface area contributed by atoms with E-state index in [1.54, 1.807) is 11.4 Å². The van der Waals surface area contributed by atoms with Gasteiger partial charge in [0.2, 0.25) is 0 Å². The fourth-order valence-corrected chi connectivity index (χ4v) is 2.85. The van der Waals surface area contributed by atoms with Gasteiger partial charge in [0.25, 0.3) is 0 Å². The minimum atomic E-state index is -0.442. The van der Waals surface area contributed by atoms with Crippen LogP contribution in [0, 0.1) is 0 Å². The summed E-state index contributed by atoms with van der Waals surface area (Å²) in [6.07, 6.45) is 0.858. The molecule has 2 heterocycles. The first-order valence-corrected chi connectivity index (χ1v) is 7.86. The van der Waals surface area contributed by atoms with Gasteiger partial charge in [0.15, 0.2) is 0 Å². The Morgan fingerprint density at radius 1 is 1.27 bits per heavy atom. The smallest absolute Gasteiger partial charge is 0.339 e. The normalized spacial score (nSPS) is 10.8. The highest BCUT2D eigenvalue weighted by atomic mass is 32.1. The van der Waals surface area contributed by atoms with Crippen molar-refractivity contribution < 1.29 is 13.9 Å². The number of ether oxygens (including phenoxy) is 1. The molecule has 0 unspecified atom stereocenters. The molecule has 0 N–H and O–H groups in total. The van der Waals surface area contributed by atoms with Gasteiger partial charge in [0.05, 0.1) is 5.56 Å². The molecule has 0 fully saturated rings. The molecule has 0 bridgehead atoms. The maximum absolute atomic E-state index is 11.9. The van der Waals surface area contributed by atoms with Gasteiger partial charge in [-0.25, -0.2) is 9.59 Å². The van der Waals surface area contributed by atoms with Gasteiger partial charge in [-0.05, 0) is 29.5 Å². The van der Waals surface area contributed by atoms with E-state index in [1.165, 1.54) is 17.4 Å². The molecule has 0 aliphatic carbocycles. The van der Waals surface area contributed by atoms with Crippen LogP contribution in [0.4, 0.5) is 0 Å². The van der Waals surface area contributed by atoms with Gasteiger partial charge in [-0.2, -0.15) is 11.3 Å². The molecule has 0 atom stereocenters. The Bertz CT molecular complexity index is 862. The van der Waals surface area contributed by atoms with Crippen molar-refractivity contribution in [2.24, 2.45) is 0 Å². The summed E-state index contributed by atoms with van der Waals surface area (Å²) in [6.45, 7) is 2.08. The van der Waals surface area contributed by atoms with Crippen LogP contribution in [0.5, 0.6) is 0 Å². The van der Waals surface area contributed by atoms with Crippen LogP contribution in [0.25, 0.3) is 11.0 Å². The minimum Gasteiger partial charge on any atom is -0.457 e. The van der Waals surface area contributed by atoms with Crippen molar-refractivity contribution >= 4 is 28.3 Å². The monoisotopic (exact) mass is 314 g/mol. The molecule has 2 aromatic heterocycles. The highest BCUT2D eigenvalue weighted by Crippen LogP contribution is 2.20. The van der Waals surface area contributed by atoms with E-state index in [9.17, 15) is 9.59 Å². The van der Waals surface area contributed by atoms with Gasteiger partial charge in [0.1, 0.15) is 12.2 Å². The third-order valence-electron chi connectivity index (χ3n) is 3.42. The molecule has 4 nitrogen and oxygen atoms in total. The van der Waals surface area contributed by atoms with Crippen molar-refractivity contribution in [2.75, 3.05) is 0 Å². The highest BCUT2D eigenvalue weighted by molar-refractivity contribution is 7.08. The Balaban J connectivity index is 1.90. The molecule has 22 heavy (non-hydrogen) atoms. The van der Waals surface area contributed by atoms with Gasteiger partial charge >= 0.3 is 11.6 Å². The van der Waals surface area contributed by atoms with E-state index in [-0.39, 0.29) is 6.61 Å². The van der Waals surface area contributed by atoms with Crippen molar-refractivity contribution in [3.05, 3.63) is 68.2 Å². The number of esters is 1. The number of rotatable bonds is 4. The SMILES string of the molecule is CCc1ccc2c(COC(=O)c3ccsc3)cc(=O)oc2c1. The van der Waals surface area contributed by atoms with Crippen molar-refractivity contribution in [2.45, 2.75) is 20.0 Å². The van der Waals surface area contributed by atoms with Crippen LogP contribution < -0.4 is 5.63 Å². The van der Waals surface area contributed by atoms with E-state index in [1.807, 2.05) is 30.5 Å². The van der Waals surface area contributed by atoms with Crippen LogP contribution >= 0.6 is 11.3 Å². The molecule has 0 saturated heterocycles. The molecule has 3 aromatic rings. The number of hydrogen-bond donors (Lipinski definition) is 0. The van der Waals surface area contributed by atoms with Crippen LogP contribution in [0.15, 0.2) is 50.3 Å². The Morgan fingerprint density at radius 3 is 2.86 bits per heavy atom. The highest BCUT2D eigenvalue weighted by Gasteiger charge is 2.11. The first-order valence-electron chi connectivity index (χ1n) is 6.92. The third-order valence-corrected chi connectivity index (χ3v) is 4.10. The predicted molar refractivity (Wildman–Crippen MR) is 85.3 cm³/mol.